The molecule has 1 rings (SSSR count). The number of carbonyl (C=O) groups excluding carboxylic acids is 4. The average molecular weight is 408 g/mol. The lowest BCUT2D eigenvalue weighted by molar-refractivity contribution is -0.168. The van der Waals surface area contributed by atoms with Crippen molar-refractivity contribution in [2.75, 3.05) is 6.61 Å². The molecule has 2 atom stereocenters. The molecule has 0 radical (unpaired) electrons. The number of carbonyl (C=O) groups is 5. The number of hydrogen-bond donors (Lipinski definition) is 2. The van der Waals surface area contributed by atoms with Gasteiger partial charge in [-0.05, 0) is 11.8 Å². The number of carboxylic acids is 1. The molecule has 0 aliphatic carbocycles. The molecule has 1 heterocycles. The lowest BCUT2D eigenvalue weighted by Crippen LogP contribution is -2.71. The summed E-state index contributed by atoms with van der Waals surface area (Å²) in [5.74, 6) is -4.99. The molecule has 0 aromatic heterocycles. The molecule has 1 aliphatic heterocycles. The maximum Gasteiger partial charge on any atom is 0.395 e. The smallest absolute Gasteiger partial charge is 0.395 e. The summed E-state index contributed by atoms with van der Waals surface area (Å²) in [6.45, 7) is 0.514. The Morgan fingerprint density at radius 3 is 2.35 bits per heavy atom. The molecule has 3 amide bonds. The Balaban J connectivity index is 2.80. The molecule has 1 aliphatic rings. The summed E-state index contributed by atoms with van der Waals surface area (Å²) in [6, 6.07) is -1.25. The Morgan fingerprint density at radius 1 is 1.35 bits per heavy atom. The summed E-state index contributed by atoms with van der Waals surface area (Å²) in [5, 5.41) is 8.55. The molecule has 1 saturated heterocycles. The van der Waals surface area contributed by atoms with Crippen molar-refractivity contribution in [3.8, 4) is 0 Å². The standard InChI is InChI=1S/C10H9Cl3N2O7S/c1-3(16)14-4-5(17)15(6(18)8(19)20)7(4)23-9(21)22-2-10(11,12)13/h4,7H,2H2,1H3,(H,14,16)(H,19,20). The van der Waals surface area contributed by atoms with E-state index in [9.17, 15) is 24.0 Å². The number of imide groups is 1. The Labute approximate surface area is 148 Å². The summed E-state index contributed by atoms with van der Waals surface area (Å²) in [6.07, 6.45) is 0. The number of hydrogen-bond acceptors (Lipinski definition) is 7. The quantitative estimate of drug-likeness (QED) is 0.299. The normalized spacial score (nSPS) is 20.5. The van der Waals surface area contributed by atoms with Gasteiger partial charge in [0, 0.05) is 6.92 Å². The van der Waals surface area contributed by atoms with Gasteiger partial charge in [-0.3, -0.25) is 19.3 Å². The number of likely N-dealkylation sites (tertiary alicyclic amines) is 1. The zero-order valence-electron chi connectivity index (χ0n) is 11.2. The molecule has 9 nitrogen and oxygen atoms in total. The van der Waals surface area contributed by atoms with Gasteiger partial charge in [0.25, 0.3) is 5.91 Å². The van der Waals surface area contributed by atoms with Gasteiger partial charge in [0.05, 0.1) is 0 Å². The molecule has 13 heteroatoms. The fourth-order valence-corrected chi connectivity index (χ4v) is 2.64. The second-order valence-electron chi connectivity index (χ2n) is 4.16. The van der Waals surface area contributed by atoms with Crippen molar-refractivity contribution in [1.82, 2.24) is 10.2 Å². The van der Waals surface area contributed by atoms with Gasteiger partial charge < -0.3 is 15.2 Å². The largest absolute Gasteiger partial charge is 0.474 e. The highest BCUT2D eigenvalue weighted by Crippen LogP contribution is 2.33. The summed E-state index contributed by atoms with van der Waals surface area (Å²) >= 11 is 16.5. The third kappa shape index (κ3) is 5.41. The number of nitrogens with one attached hydrogen (secondary N) is 1. The van der Waals surface area contributed by atoms with Crippen LogP contribution < -0.4 is 5.32 Å². The SMILES string of the molecule is CC(=O)NC1C(=O)N(C(=O)C(=O)O)C1SC(=O)OCC(Cl)(Cl)Cl. The van der Waals surface area contributed by atoms with Crippen LogP contribution in [0.4, 0.5) is 4.79 Å². The number of aliphatic carboxylic acids is 1. The molecule has 128 valence electrons. The number of nitrogens with zero attached hydrogens (tertiary/aromatic N) is 1. The van der Waals surface area contributed by atoms with Gasteiger partial charge in [-0.2, -0.15) is 0 Å². The van der Waals surface area contributed by atoms with E-state index in [0.717, 1.165) is 6.92 Å². The zero-order valence-corrected chi connectivity index (χ0v) is 14.3. The number of alkyl halides is 3. The van der Waals surface area contributed by atoms with Gasteiger partial charge in [-0.1, -0.05) is 34.8 Å². The van der Waals surface area contributed by atoms with Gasteiger partial charge in [-0.15, -0.1) is 0 Å². The number of β-lactam (4-membered cyclic amide) rings is 1. The summed E-state index contributed by atoms with van der Waals surface area (Å²) in [7, 11) is 0. The van der Waals surface area contributed by atoms with Gasteiger partial charge in [0.2, 0.25) is 9.70 Å². The molecule has 0 saturated carbocycles. The third-order valence-electron chi connectivity index (χ3n) is 2.37. The second kappa shape index (κ2) is 7.56. The summed E-state index contributed by atoms with van der Waals surface area (Å²) in [4.78, 5) is 56.9. The first-order chi connectivity index (χ1) is 10.4. The molecular weight excluding hydrogens is 399 g/mol. The predicted octanol–water partition coefficient (Wildman–Crippen LogP) is 0.511. The lowest BCUT2D eigenvalue weighted by Gasteiger charge is -2.43. The summed E-state index contributed by atoms with van der Waals surface area (Å²) in [5.41, 5.74) is 0. The van der Waals surface area contributed by atoms with Crippen molar-refractivity contribution in [3.05, 3.63) is 0 Å². The maximum absolute atomic E-state index is 11.8. The van der Waals surface area contributed by atoms with E-state index in [2.05, 4.69) is 10.1 Å². The Kier molecular flexibility index (Phi) is 6.51. The van der Waals surface area contributed by atoms with E-state index in [1.54, 1.807) is 0 Å². The van der Waals surface area contributed by atoms with E-state index in [1.807, 2.05) is 0 Å². The van der Waals surface area contributed by atoms with Crippen molar-refractivity contribution in [2.24, 2.45) is 0 Å². The second-order valence-corrected chi connectivity index (χ2v) is 7.73. The van der Waals surface area contributed by atoms with Crippen LogP contribution in [-0.4, -0.2) is 60.8 Å². The molecule has 2 N–H and O–H groups in total. The van der Waals surface area contributed by atoms with Crippen LogP contribution in [0.2, 0.25) is 0 Å². The van der Waals surface area contributed by atoms with Crippen LogP contribution in [-0.2, 0) is 23.9 Å². The molecule has 0 bridgehead atoms. The minimum absolute atomic E-state index is 0.304. The first-order valence-corrected chi connectivity index (χ1v) is 7.73. The van der Waals surface area contributed by atoms with Crippen molar-refractivity contribution in [3.63, 3.8) is 0 Å². The Morgan fingerprint density at radius 2 is 1.91 bits per heavy atom. The molecule has 0 spiro atoms. The number of amides is 3. The van der Waals surface area contributed by atoms with Crippen LogP contribution in [0.25, 0.3) is 0 Å². The van der Waals surface area contributed by atoms with Crippen LogP contribution in [0.5, 0.6) is 0 Å². The number of thioether (sulfide) groups is 1. The van der Waals surface area contributed by atoms with E-state index in [4.69, 9.17) is 39.9 Å². The maximum atomic E-state index is 11.8. The van der Waals surface area contributed by atoms with Crippen LogP contribution in [0.3, 0.4) is 0 Å². The highest BCUT2D eigenvalue weighted by atomic mass is 35.6. The van der Waals surface area contributed by atoms with Gasteiger partial charge in [-0.25, -0.2) is 9.59 Å². The Bertz CT molecular complexity index is 565. The van der Waals surface area contributed by atoms with Gasteiger partial charge in [0.15, 0.2) is 0 Å². The first-order valence-electron chi connectivity index (χ1n) is 5.71. The number of halogens is 3. The molecular formula is C10H9Cl3N2O7S. The fourth-order valence-electron chi connectivity index (χ4n) is 1.53. The first kappa shape index (κ1) is 19.8. The fraction of sp³-hybridized carbons (Fsp3) is 0.500. The number of rotatable bonds is 3. The van der Waals surface area contributed by atoms with E-state index in [0.29, 0.717) is 16.7 Å². The van der Waals surface area contributed by atoms with Crippen molar-refractivity contribution >= 4 is 75.6 Å². The topological polar surface area (TPSA) is 130 Å². The van der Waals surface area contributed by atoms with Crippen LogP contribution in [0.1, 0.15) is 6.92 Å². The van der Waals surface area contributed by atoms with Crippen LogP contribution in [0.15, 0.2) is 0 Å². The number of carboxylic acid groups (broad SMARTS) is 1. The predicted molar refractivity (Wildman–Crippen MR) is 80.1 cm³/mol. The molecule has 2 unspecified atom stereocenters. The van der Waals surface area contributed by atoms with Crippen molar-refractivity contribution < 1.29 is 33.8 Å². The number of ether oxygens (including phenoxy) is 1. The van der Waals surface area contributed by atoms with Gasteiger partial charge in [0.1, 0.15) is 18.0 Å². The van der Waals surface area contributed by atoms with E-state index in [1.165, 1.54) is 0 Å². The molecule has 0 aromatic rings. The molecule has 23 heavy (non-hydrogen) atoms. The third-order valence-corrected chi connectivity index (χ3v) is 3.74. The van der Waals surface area contributed by atoms with E-state index in [-0.39, 0.29) is 0 Å². The van der Waals surface area contributed by atoms with Crippen molar-refractivity contribution in [1.29, 1.82) is 0 Å². The van der Waals surface area contributed by atoms with E-state index < -0.39 is 50.8 Å². The highest BCUT2D eigenvalue weighted by Gasteiger charge is 2.54. The minimum atomic E-state index is -1.89. The monoisotopic (exact) mass is 406 g/mol. The average Bonchev–Trinajstić information content (AvgIpc) is 2.40. The van der Waals surface area contributed by atoms with E-state index >= 15 is 0 Å². The van der Waals surface area contributed by atoms with Crippen molar-refractivity contribution in [2.45, 2.75) is 22.1 Å². The minimum Gasteiger partial charge on any atom is -0.474 e. The zero-order chi connectivity index (χ0) is 17.9. The highest BCUT2D eigenvalue weighted by molar-refractivity contribution is 8.13. The lowest BCUT2D eigenvalue weighted by atomic mass is 10.1. The molecule has 0 aromatic carbocycles. The summed E-state index contributed by atoms with van der Waals surface area (Å²) < 4.78 is 2.75. The van der Waals surface area contributed by atoms with Crippen LogP contribution >= 0.6 is 46.6 Å². The van der Waals surface area contributed by atoms with Crippen LogP contribution in [0, 0.1) is 0 Å². The van der Waals surface area contributed by atoms with Gasteiger partial charge >= 0.3 is 17.2 Å². The Hall–Kier alpha value is -1.23. The molecule has 1 fully saturated rings.